The van der Waals surface area contributed by atoms with Gasteiger partial charge in [0, 0.05) is 5.22 Å². The Labute approximate surface area is 111 Å². The summed E-state index contributed by atoms with van der Waals surface area (Å²) in [6.07, 6.45) is 1.36. The SMILES string of the molecule is NCCC1=c2cc(C[C@H]3COC(=O)N3)ccc2=NC1. The summed E-state index contributed by atoms with van der Waals surface area (Å²) in [7, 11) is 0. The summed E-state index contributed by atoms with van der Waals surface area (Å²) >= 11 is 0. The standard InChI is InChI=1S/C14H17N3O2/c15-4-3-10-7-16-13-2-1-9(6-12(10)13)5-11-8-19-14(18)17-11/h1-2,6,11H,3-5,7-8,15H2,(H,17,18)/t11-/m0/s1. The highest BCUT2D eigenvalue weighted by atomic mass is 16.6. The third-order valence-electron chi connectivity index (χ3n) is 3.55. The summed E-state index contributed by atoms with van der Waals surface area (Å²) in [5.74, 6) is 0. The average Bonchev–Trinajstić information content (AvgIpc) is 2.97. The average molecular weight is 259 g/mol. The van der Waals surface area contributed by atoms with E-state index < -0.39 is 0 Å². The van der Waals surface area contributed by atoms with Crippen LogP contribution in [0.4, 0.5) is 4.79 Å². The van der Waals surface area contributed by atoms with Gasteiger partial charge >= 0.3 is 6.09 Å². The van der Waals surface area contributed by atoms with Crippen molar-refractivity contribution in [2.45, 2.75) is 18.9 Å². The van der Waals surface area contributed by atoms with Crippen LogP contribution in [-0.4, -0.2) is 31.8 Å². The molecular weight excluding hydrogens is 242 g/mol. The van der Waals surface area contributed by atoms with Gasteiger partial charge in [-0.1, -0.05) is 6.07 Å². The molecule has 0 aromatic heterocycles. The van der Waals surface area contributed by atoms with Crippen molar-refractivity contribution in [2.75, 3.05) is 19.7 Å². The van der Waals surface area contributed by atoms with Crippen LogP contribution in [0.1, 0.15) is 12.0 Å². The molecule has 3 rings (SSSR count). The largest absolute Gasteiger partial charge is 0.447 e. The second-order valence-electron chi connectivity index (χ2n) is 4.95. The van der Waals surface area contributed by atoms with E-state index in [4.69, 9.17) is 10.5 Å². The molecular formula is C14H17N3O2. The first-order valence-corrected chi connectivity index (χ1v) is 6.55. The minimum absolute atomic E-state index is 0.0712. The molecule has 2 aliphatic heterocycles. The molecule has 5 nitrogen and oxygen atoms in total. The van der Waals surface area contributed by atoms with Gasteiger partial charge in [0.25, 0.3) is 0 Å². The second-order valence-corrected chi connectivity index (χ2v) is 4.95. The molecule has 0 spiro atoms. The lowest BCUT2D eigenvalue weighted by atomic mass is 10.0. The zero-order valence-electron chi connectivity index (χ0n) is 10.7. The summed E-state index contributed by atoms with van der Waals surface area (Å²) in [6.45, 7) is 1.86. The number of nitrogens with two attached hydrogens (primary N) is 1. The number of alkyl carbamates (subject to hydrolysis) is 1. The Morgan fingerprint density at radius 2 is 2.37 bits per heavy atom. The Balaban J connectivity index is 1.85. The van der Waals surface area contributed by atoms with Crippen molar-refractivity contribution in [3.63, 3.8) is 0 Å². The van der Waals surface area contributed by atoms with Crippen LogP contribution in [0.5, 0.6) is 0 Å². The molecule has 0 bridgehead atoms. The lowest BCUT2D eigenvalue weighted by molar-refractivity contribution is 0.177. The lowest BCUT2D eigenvalue weighted by Gasteiger charge is -2.07. The highest BCUT2D eigenvalue weighted by molar-refractivity contribution is 5.69. The minimum atomic E-state index is -0.323. The lowest BCUT2D eigenvalue weighted by Crippen LogP contribution is -2.30. The van der Waals surface area contributed by atoms with Crippen LogP contribution in [0.25, 0.3) is 5.57 Å². The maximum absolute atomic E-state index is 11.0. The Morgan fingerprint density at radius 1 is 1.47 bits per heavy atom. The van der Waals surface area contributed by atoms with Gasteiger partial charge in [-0.15, -0.1) is 0 Å². The monoisotopic (exact) mass is 259 g/mol. The van der Waals surface area contributed by atoms with Crippen LogP contribution in [-0.2, 0) is 11.2 Å². The second kappa shape index (κ2) is 5.01. The Bertz CT molecular complexity index is 624. The topological polar surface area (TPSA) is 76.7 Å². The molecule has 3 N–H and O–H groups in total. The van der Waals surface area contributed by atoms with Crippen molar-refractivity contribution in [1.82, 2.24) is 5.32 Å². The molecule has 0 unspecified atom stereocenters. The van der Waals surface area contributed by atoms with Crippen molar-refractivity contribution >= 4 is 11.7 Å². The maximum atomic E-state index is 11.0. The number of benzene rings is 1. The van der Waals surface area contributed by atoms with Crippen molar-refractivity contribution in [2.24, 2.45) is 10.7 Å². The van der Waals surface area contributed by atoms with E-state index in [1.165, 1.54) is 16.4 Å². The molecule has 0 radical (unpaired) electrons. The summed E-state index contributed by atoms with van der Waals surface area (Å²) in [6, 6.07) is 6.35. The van der Waals surface area contributed by atoms with E-state index in [2.05, 4.69) is 22.4 Å². The number of hydrogen-bond donors (Lipinski definition) is 2. The zero-order chi connectivity index (χ0) is 13.2. The van der Waals surface area contributed by atoms with E-state index in [1.54, 1.807) is 0 Å². The molecule has 19 heavy (non-hydrogen) atoms. The van der Waals surface area contributed by atoms with Crippen LogP contribution >= 0.6 is 0 Å². The molecule has 0 saturated carbocycles. The van der Waals surface area contributed by atoms with E-state index in [0.29, 0.717) is 13.2 Å². The highest BCUT2D eigenvalue weighted by Crippen LogP contribution is 2.08. The van der Waals surface area contributed by atoms with Crippen LogP contribution in [0.2, 0.25) is 0 Å². The van der Waals surface area contributed by atoms with Crippen LogP contribution < -0.4 is 21.6 Å². The van der Waals surface area contributed by atoms with Gasteiger partial charge < -0.3 is 15.8 Å². The molecule has 100 valence electrons. The van der Waals surface area contributed by atoms with Crippen molar-refractivity contribution < 1.29 is 9.53 Å². The molecule has 1 amide bonds. The summed E-state index contributed by atoms with van der Waals surface area (Å²) in [5.41, 5.74) is 8.13. The van der Waals surface area contributed by atoms with Gasteiger partial charge in [-0.3, -0.25) is 4.99 Å². The van der Waals surface area contributed by atoms with E-state index in [9.17, 15) is 4.79 Å². The van der Waals surface area contributed by atoms with Gasteiger partial charge in [-0.25, -0.2) is 4.79 Å². The first-order chi connectivity index (χ1) is 9.26. The number of fused-ring (bicyclic) bond motifs is 1. The van der Waals surface area contributed by atoms with Crippen LogP contribution in [0, 0.1) is 0 Å². The minimum Gasteiger partial charge on any atom is -0.447 e. The quantitative estimate of drug-likeness (QED) is 0.763. The summed E-state index contributed by atoms with van der Waals surface area (Å²) in [5, 5.41) is 5.07. The van der Waals surface area contributed by atoms with Crippen LogP contribution in [0.15, 0.2) is 23.2 Å². The molecule has 1 saturated heterocycles. The Morgan fingerprint density at radius 3 is 3.11 bits per heavy atom. The maximum Gasteiger partial charge on any atom is 0.407 e. The molecule has 2 heterocycles. The molecule has 1 fully saturated rings. The zero-order valence-corrected chi connectivity index (χ0v) is 10.7. The first-order valence-electron chi connectivity index (χ1n) is 6.55. The number of ether oxygens (including phenoxy) is 1. The Hall–Kier alpha value is -1.88. The Kier molecular flexibility index (Phi) is 3.21. The number of carbonyl (C=O) groups excluding carboxylic acids is 1. The molecule has 1 aromatic carbocycles. The normalized spacial score (nSPS) is 20.8. The fourth-order valence-corrected chi connectivity index (χ4v) is 2.61. The van der Waals surface area contributed by atoms with Crippen molar-refractivity contribution in [3.8, 4) is 0 Å². The number of nitrogens with one attached hydrogen (secondary N) is 1. The smallest absolute Gasteiger partial charge is 0.407 e. The highest BCUT2D eigenvalue weighted by Gasteiger charge is 2.22. The summed E-state index contributed by atoms with van der Waals surface area (Å²) in [4.78, 5) is 15.5. The number of nitrogens with zero attached hydrogens (tertiary/aromatic N) is 1. The van der Waals surface area contributed by atoms with Crippen molar-refractivity contribution in [1.29, 1.82) is 0 Å². The number of amides is 1. The van der Waals surface area contributed by atoms with Gasteiger partial charge in [0.15, 0.2) is 0 Å². The summed E-state index contributed by atoms with van der Waals surface area (Å²) < 4.78 is 4.90. The molecule has 0 aliphatic carbocycles. The van der Waals surface area contributed by atoms with E-state index in [1.807, 2.05) is 6.07 Å². The molecule has 2 aliphatic rings. The van der Waals surface area contributed by atoms with E-state index in [-0.39, 0.29) is 12.1 Å². The van der Waals surface area contributed by atoms with Gasteiger partial charge in [-0.05, 0) is 42.7 Å². The predicted molar refractivity (Wildman–Crippen MR) is 71.1 cm³/mol. The first kappa shape index (κ1) is 12.2. The third-order valence-corrected chi connectivity index (χ3v) is 3.55. The van der Waals surface area contributed by atoms with E-state index in [0.717, 1.165) is 24.7 Å². The van der Waals surface area contributed by atoms with Gasteiger partial charge in [0.1, 0.15) is 6.61 Å². The van der Waals surface area contributed by atoms with Gasteiger partial charge in [0.05, 0.1) is 17.9 Å². The van der Waals surface area contributed by atoms with E-state index >= 15 is 0 Å². The molecule has 5 heteroatoms. The molecule has 1 aromatic rings. The van der Waals surface area contributed by atoms with Crippen molar-refractivity contribution in [3.05, 3.63) is 34.3 Å². The number of carbonyl (C=O) groups is 1. The fourth-order valence-electron chi connectivity index (χ4n) is 2.61. The fraction of sp³-hybridized carbons (Fsp3) is 0.429. The van der Waals surface area contributed by atoms with Gasteiger partial charge in [-0.2, -0.15) is 0 Å². The molecule has 1 atom stereocenters. The van der Waals surface area contributed by atoms with Crippen LogP contribution in [0.3, 0.4) is 0 Å². The predicted octanol–water partition coefficient (Wildman–Crippen LogP) is -0.530. The number of cyclic esters (lactones) is 1. The number of hydrogen-bond acceptors (Lipinski definition) is 4. The third kappa shape index (κ3) is 2.46. The van der Waals surface area contributed by atoms with Gasteiger partial charge in [0.2, 0.25) is 0 Å². The number of rotatable bonds is 4.